The maximum Gasteiger partial charge on any atom is 0.246 e. The van der Waals surface area contributed by atoms with Crippen molar-refractivity contribution in [2.45, 2.75) is 32.1 Å². The largest absolute Gasteiger partial charge is 0.393 e. The molecule has 19 heavy (non-hydrogen) atoms. The molecule has 0 unspecified atom stereocenters. The van der Waals surface area contributed by atoms with Crippen LogP contribution < -0.4 is 5.73 Å². The van der Waals surface area contributed by atoms with Crippen LogP contribution in [0.1, 0.15) is 26.0 Å². The second-order valence-corrected chi connectivity index (χ2v) is 7.26. The molecule has 1 aromatic rings. The third kappa shape index (κ3) is 4.26. The molecule has 0 aliphatic rings. The number of thiocarbonyl (C=S) groups is 1. The fraction of sp³-hybridized carbons (Fsp3) is 0.636. The standard InChI is InChI=1S/C11H20N4O2S2/c1-8(2)7-15(5-4-11(12)18)19(16,17)10-6-13-14-9(10)3/h6,8H,4-5,7H2,1-3H3,(H2,12,18)(H,13,14). The van der Waals surface area contributed by atoms with Gasteiger partial charge >= 0.3 is 0 Å². The van der Waals surface area contributed by atoms with E-state index >= 15 is 0 Å². The zero-order valence-electron chi connectivity index (χ0n) is 11.4. The molecule has 0 aliphatic carbocycles. The van der Waals surface area contributed by atoms with E-state index in [-0.39, 0.29) is 10.8 Å². The van der Waals surface area contributed by atoms with Gasteiger partial charge in [-0.25, -0.2) is 8.42 Å². The molecule has 0 saturated heterocycles. The molecule has 0 saturated carbocycles. The number of aromatic amines is 1. The number of aryl methyl sites for hydroxylation is 1. The number of nitrogens with zero attached hydrogens (tertiary/aromatic N) is 2. The maximum absolute atomic E-state index is 12.5. The molecule has 0 spiro atoms. The first kappa shape index (κ1) is 16.1. The Labute approximate surface area is 119 Å². The summed E-state index contributed by atoms with van der Waals surface area (Å²) in [6.45, 7) is 6.33. The number of hydrogen-bond donors (Lipinski definition) is 2. The molecule has 0 bridgehead atoms. The molecular weight excluding hydrogens is 284 g/mol. The molecule has 6 nitrogen and oxygen atoms in total. The van der Waals surface area contributed by atoms with Gasteiger partial charge in [-0.2, -0.15) is 9.40 Å². The highest BCUT2D eigenvalue weighted by atomic mass is 32.2. The van der Waals surface area contributed by atoms with Crippen LogP contribution in [0.2, 0.25) is 0 Å². The first-order valence-corrected chi connectivity index (χ1v) is 7.88. The van der Waals surface area contributed by atoms with Gasteiger partial charge in [-0.3, -0.25) is 5.10 Å². The lowest BCUT2D eigenvalue weighted by Gasteiger charge is -2.23. The highest BCUT2D eigenvalue weighted by molar-refractivity contribution is 7.89. The van der Waals surface area contributed by atoms with Gasteiger partial charge in [0.1, 0.15) is 4.90 Å². The van der Waals surface area contributed by atoms with Crippen molar-refractivity contribution in [2.75, 3.05) is 13.1 Å². The molecule has 1 heterocycles. The van der Waals surface area contributed by atoms with Gasteiger partial charge in [0.25, 0.3) is 0 Å². The fourth-order valence-corrected chi connectivity index (χ4v) is 3.50. The van der Waals surface area contributed by atoms with Crippen molar-refractivity contribution in [3.63, 3.8) is 0 Å². The Kier molecular flexibility index (Phi) is 5.45. The highest BCUT2D eigenvalue weighted by Crippen LogP contribution is 2.19. The molecule has 0 fully saturated rings. The highest BCUT2D eigenvalue weighted by Gasteiger charge is 2.27. The Morgan fingerprint density at radius 2 is 2.21 bits per heavy atom. The minimum absolute atomic E-state index is 0.205. The molecule has 0 aliphatic heterocycles. The topological polar surface area (TPSA) is 92.1 Å². The number of nitrogens with one attached hydrogen (secondary N) is 1. The van der Waals surface area contributed by atoms with Crippen molar-refractivity contribution >= 4 is 27.2 Å². The van der Waals surface area contributed by atoms with E-state index in [1.807, 2.05) is 13.8 Å². The maximum atomic E-state index is 12.5. The van der Waals surface area contributed by atoms with E-state index in [0.29, 0.717) is 30.2 Å². The quantitative estimate of drug-likeness (QED) is 0.734. The summed E-state index contributed by atoms with van der Waals surface area (Å²) in [5, 5.41) is 6.40. The van der Waals surface area contributed by atoms with Crippen LogP contribution in [0.5, 0.6) is 0 Å². The Balaban J connectivity index is 3.02. The van der Waals surface area contributed by atoms with E-state index in [1.165, 1.54) is 10.5 Å². The fourth-order valence-electron chi connectivity index (χ4n) is 1.69. The van der Waals surface area contributed by atoms with E-state index < -0.39 is 10.0 Å². The SMILES string of the molecule is Cc1[nH]ncc1S(=O)(=O)N(CCC(N)=S)CC(C)C. The smallest absolute Gasteiger partial charge is 0.246 e. The molecule has 0 atom stereocenters. The van der Waals surface area contributed by atoms with E-state index in [1.54, 1.807) is 6.92 Å². The van der Waals surface area contributed by atoms with Gasteiger partial charge in [0.05, 0.1) is 16.9 Å². The van der Waals surface area contributed by atoms with Gasteiger partial charge in [0.2, 0.25) is 10.0 Å². The van der Waals surface area contributed by atoms with Gasteiger partial charge < -0.3 is 5.73 Å². The lowest BCUT2D eigenvalue weighted by molar-refractivity contribution is 0.374. The van der Waals surface area contributed by atoms with E-state index in [9.17, 15) is 8.42 Å². The second kappa shape index (κ2) is 6.44. The Morgan fingerprint density at radius 1 is 1.58 bits per heavy atom. The number of aromatic nitrogens is 2. The molecule has 3 N–H and O–H groups in total. The monoisotopic (exact) mass is 304 g/mol. The molecule has 1 aromatic heterocycles. The summed E-state index contributed by atoms with van der Waals surface area (Å²) in [5.74, 6) is 0.216. The van der Waals surface area contributed by atoms with Crippen molar-refractivity contribution in [2.24, 2.45) is 11.7 Å². The normalized spacial score (nSPS) is 12.3. The molecule has 0 aromatic carbocycles. The number of hydrogen-bond acceptors (Lipinski definition) is 4. The lowest BCUT2D eigenvalue weighted by Crippen LogP contribution is -2.36. The molecule has 0 amide bonds. The number of sulfonamides is 1. The van der Waals surface area contributed by atoms with Crippen LogP contribution in [0.15, 0.2) is 11.1 Å². The summed E-state index contributed by atoms with van der Waals surface area (Å²) in [6.07, 6.45) is 1.71. The van der Waals surface area contributed by atoms with Crippen molar-refractivity contribution < 1.29 is 8.42 Å². The summed E-state index contributed by atoms with van der Waals surface area (Å²) in [6, 6.07) is 0. The minimum atomic E-state index is -3.55. The Hall–Kier alpha value is -0.990. The third-order valence-electron chi connectivity index (χ3n) is 2.58. The van der Waals surface area contributed by atoms with Crippen LogP contribution in [-0.4, -0.2) is 41.0 Å². The molecule has 108 valence electrons. The summed E-state index contributed by atoms with van der Waals surface area (Å²) in [4.78, 5) is 0.518. The molecule has 1 rings (SSSR count). The zero-order valence-corrected chi connectivity index (χ0v) is 13.0. The minimum Gasteiger partial charge on any atom is -0.393 e. The van der Waals surface area contributed by atoms with Crippen LogP contribution in [0, 0.1) is 12.8 Å². The molecular formula is C11H20N4O2S2. The van der Waals surface area contributed by atoms with Crippen molar-refractivity contribution in [1.29, 1.82) is 0 Å². The van der Waals surface area contributed by atoms with Gasteiger partial charge in [-0.1, -0.05) is 26.1 Å². The van der Waals surface area contributed by atoms with E-state index in [2.05, 4.69) is 10.2 Å². The van der Waals surface area contributed by atoms with E-state index in [4.69, 9.17) is 18.0 Å². The zero-order chi connectivity index (χ0) is 14.6. The Bertz CT molecular complexity index is 537. The van der Waals surface area contributed by atoms with Gasteiger partial charge in [-0.15, -0.1) is 0 Å². The van der Waals surface area contributed by atoms with Crippen molar-refractivity contribution in [1.82, 2.24) is 14.5 Å². The van der Waals surface area contributed by atoms with Crippen LogP contribution in [-0.2, 0) is 10.0 Å². The van der Waals surface area contributed by atoms with Gasteiger partial charge in [0, 0.05) is 19.5 Å². The number of rotatable bonds is 7. The third-order valence-corrected chi connectivity index (χ3v) is 4.76. The first-order valence-electron chi connectivity index (χ1n) is 6.03. The Morgan fingerprint density at radius 3 is 2.63 bits per heavy atom. The lowest BCUT2D eigenvalue weighted by atomic mass is 10.2. The van der Waals surface area contributed by atoms with Crippen LogP contribution in [0.4, 0.5) is 0 Å². The van der Waals surface area contributed by atoms with Crippen LogP contribution >= 0.6 is 12.2 Å². The van der Waals surface area contributed by atoms with Gasteiger partial charge in [0.15, 0.2) is 0 Å². The average molecular weight is 304 g/mol. The van der Waals surface area contributed by atoms with Crippen LogP contribution in [0.25, 0.3) is 0 Å². The summed E-state index contributed by atoms with van der Waals surface area (Å²) in [5.41, 5.74) is 5.99. The summed E-state index contributed by atoms with van der Waals surface area (Å²) >= 11 is 4.81. The van der Waals surface area contributed by atoms with Crippen molar-refractivity contribution in [3.8, 4) is 0 Å². The van der Waals surface area contributed by atoms with Crippen LogP contribution in [0.3, 0.4) is 0 Å². The van der Waals surface area contributed by atoms with Crippen molar-refractivity contribution in [3.05, 3.63) is 11.9 Å². The summed E-state index contributed by atoms with van der Waals surface area (Å²) in [7, 11) is -3.55. The van der Waals surface area contributed by atoms with Gasteiger partial charge in [-0.05, 0) is 12.8 Å². The predicted octanol–water partition coefficient (Wildman–Crippen LogP) is 1.04. The van der Waals surface area contributed by atoms with E-state index in [0.717, 1.165) is 0 Å². The predicted molar refractivity (Wildman–Crippen MR) is 78.3 cm³/mol. The number of H-pyrrole nitrogens is 1. The molecule has 0 radical (unpaired) electrons. The number of nitrogens with two attached hydrogens (primary N) is 1. The summed E-state index contributed by atoms with van der Waals surface area (Å²) < 4.78 is 26.5. The molecule has 8 heteroatoms. The second-order valence-electron chi connectivity index (χ2n) is 4.83. The first-order chi connectivity index (χ1) is 8.75. The average Bonchev–Trinajstić information content (AvgIpc) is 2.70.